The maximum atomic E-state index is 8.08. The van der Waals surface area contributed by atoms with E-state index in [2.05, 4.69) is 6.08 Å². The standard InChI is InChI=1S/C6H5NS/c7-5-8-4-6-2-1-3-6/h1-2,4H,3H2. The van der Waals surface area contributed by atoms with E-state index in [9.17, 15) is 0 Å². The Labute approximate surface area is 52.7 Å². The minimum absolute atomic E-state index is 1.04. The highest BCUT2D eigenvalue weighted by Crippen LogP contribution is 2.18. The molecule has 0 aromatic heterocycles. The van der Waals surface area contributed by atoms with Gasteiger partial charge in [0.25, 0.3) is 0 Å². The van der Waals surface area contributed by atoms with Crippen LogP contribution < -0.4 is 0 Å². The molecule has 40 valence electrons. The highest BCUT2D eigenvalue weighted by Gasteiger charge is 1.96. The Balaban J connectivity index is 2.36. The lowest BCUT2D eigenvalue weighted by atomic mass is 10.1. The number of thioether (sulfide) groups is 1. The average Bonchev–Trinajstić information content (AvgIpc) is 1.63. The Morgan fingerprint density at radius 2 is 2.62 bits per heavy atom. The Morgan fingerprint density at radius 3 is 3.00 bits per heavy atom. The first-order chi connectivity index (χ1) is 3.93. The molecule has 0 radical (unpaired) electrons. The molecule has 1 aliphatic rings. The van der Waals surface area contributed by atoms with Gasteiger partial charge >= 0.3 is 0 Å². The second kappa shape index (κ2) is 2.58. The van der Waals surface area contributed by atoms with Gasteiger partial charge in [0, 0.05) is 0 Å². The molecule has 0 bridgehead atoms. The fourth-order valence-electron chi connectivity index (χ4n) is 0.443. The molecule has 0 spiro atoms. The van der Waals surface area contributed by atoms with Crippen LogP contribution in [0.25, 0.3) is 0 Å². The quantitative estimate of drug-likeness (QED) is 0.498. The van der Waals surface area contributed by atoms with Crippen LogP contribution in [0.3, 0.4) is 0 Å². The van der Waals surface area contributed by atoms with Gasteiger partial charge in [0.2, 0.25) is 0 Å². The summed E-state index contributed by atoms with van der Waals surface area (Å²) in [7, 11) is 0. The molecule has 0 saturated carbocycles. The van der Waals surface area contributed by atoms with Crippen LogP contribution in [0.4, 0.5) is 0 Å². The molecule has 0 amide bonds. The topological polar surface area (TPSA) is 23.8 Å². The van der Waals surface area contributed by atoms with Crippen molar-refractivity contribution in [2.45, 2.75) is 6.42 Å². The van der Waals surface area contributed by atoms with E-state index in [0.29, 0.717) is 0 Å². The number of allylic oxidation sites excluding steroid dienone is 3. The van der Waals surface area contributed by atoms with Crippen LogP contribution in [0, 0.1) is 10.7 Å². The summed E-state index contributed by atoms with van der Waals surface area (Å²) < 4.78 is 0. The molecule has 2 heteroatoms. The van der Waals surface area contributed by atoms with Gasteiger partial charge in [-0.1, -0.05) is 12.2 Å². The van der Waals surface area contributed by atoms with Crippen molar-refractivity contribution in [1.82, 2.24) is 0 Å². The van der Waals surface area contributed by atoms with E-state index < -0.39 is 0 Å². The number of nitriles is 1. The number of nitrogens with zero attached hydrogens (tertiary/aromatic N) is 1. The molecule has 0 unspecified atom stereocenters. The number of rotatable bonds is 1. The van der Waals surface area contributed by atoms with E-state index in [1.165, 1.54) is 17.3 Å². The highest BCUT2D eigenvalue weighted by atomic mass is 32.2. The minimum atomic E-state index is 1.04. The summed E-state index contributed by atoms with van der Waals surface area (Å²) in [5, 5.41) is 11.9. The summed E-state index contributed by atoms with van der Waals surface area (Å²) in [6.07, 6.45) is 5.13. The second-order valence-electron chi connectivity index (χ2n) is 1.51. The Kier molecular flexibility index (Phi) is 1.76. The molecule has 0 aromatic carbocycles. The first-order valence-corrected chi connectivity index (χ1v) is 3.22. The van der Waals surface area contributed by atoms with E-state index in [1.54, 1.807) is 0 Å². The van der Waals surface area contributed by atoms with Crippen LogP contribution in [0.15, 0.2) is 23.1 Å². The lowest BCUT2D eigenvalue weighted by Crippen LogP contribution is -1.82. The summed E-state index contributed by atoms with van der Waals surface area (Å²) in [5.74, 6) is 0. The third-order valence-corrected chi connectivity index (χ3v) is 1.47. The third kappa shape index (κ3) is 1.14. The lowest BCUT2D eigenvalue weighted by molar-refractivity contribution is 1.20. The van der Waals surface area contributed by atoms with Crippen molar-refractivity contribution in [2.24, 2.45) is 0 Å². The van der Waals surface area contributed by atoms with Crippen molar-refractivity contribution < 1.29 is 0 Å². The number of hydrogen-bond donors (Lipinski definition) is 0. The normalized spacial score (nSPS) is 20.1. The maximum Gasteiger partial charge on any atom is 0.137 e. The molecule has 0 aromatic rings. The molecular formula is C6H5NS. The number of hydrogen-bond acceptors (Lipinski definition) is 2. The zero-order chi connectivity index (χ0) is 5.82. The zero-order valence-corrected chi connectivity index (χ0v) is 5.11. The SMILES string of the molecule is N#CSC=C1C=CC1. The van der Waals surface area contributed by atoms with Crippen molar-refractivity contribution >= 4 is 11.8 Å². The molecule has 1 aliphatic carbocycles. The van der Waals surface area contributed by atoms with Gasteiger partial charge in [0.05, 0.1) is 0 Å². The molecule has 0 saturated heterocycles. The first-order valence-electron chi connectivity index (χ1n) is 2.34. The van der Waals surface area contributed by atoms with Gasteiger partial charge in [-0.2, -0.15) is 5.26 Å². The Hall–Kier alpha value is -0.680. The van der Waals surface area contributed by atoms with E-state index in [4.69, 9.17) is 5.26 Å². The zero-order valence-electron chi connectivity index (χ0n) is 4.29. The molecule has 0 aliphatic heterocycles. The van der Waals surface area contributed by atoms with Crippen LogP contribution in [0.5, 0.6) is 0 Å². The van der Waals surface area contributed by atoms with Crippen LogP contribution in [-0.4, -0.2) is 0 Å². The third-order valence-electron chi connectivity index (χ3n) is 0.948. The molecular weight excluding hydrogens is 118 g/mol. The predicted octanol–water partition coefficient (Wildman–Crippen LogP) is 2.04. The lowest BCUT2D eigenvalue weighted by Gasteiger charge is -2.02. The van der Waals surface area contributed by atoms with Crippen LogP contribution in [0.2, 0.25) is 0 Å². The highest BCUT2D eigenvalue weighted by molar-refractivity contribution is 8.06. The molecule has 1 rings (SSSR count). The Bertz CT molecular complexity index is 173. The maximum absolute atomic E-state index is 8.08. The van der Waals surface area contributed by atoms with Crippen molar-refractivity contribution in [1.29, 1.82) is 5.26 Å². The van der Waals surface area contributed by atoms with Crippen molar-refractivity contribution in [2.75, 3.05) is 0 Å². The number of thiocyanates is 1. The monoisotopic (exact) mass is 123 g/mol. The van der Waals surface area contributed by atoms with Crippen LogP contribution in [-0.2, 0) is 0 Å². The van der Waals surface area contributed by atoms with Gasteiger partial charge in [0.1, 0.15) is 5.40 Å². The molecule has 8 heavy (non-hydrogen) atoms. The second-order valence-corrected chi connectivity index (χ2v) is 2.16. The van der Waals surface area contributed by atoms with Gasteiger partial charge in [0.15, 0.2) is 0 Å². The molecule has 0 atom stereocenters. The molecule has 0 N–H and O–H groups in total. The van der Waals surface area contributed by atoms with Gasteiger partial charge in [-0.15, -0.1) is 0 Å². The van der Waals surface area contributed by atoms with Gasteiger partial charge in [-0.25, -0.2) is 0 Å². The predicted molar refractivity (Wildman–Crippen MR) is 35.0 cm³/mol. The molecule has 1 nitrogen and oxygen atoms in total. The fourth-order valence-corrected chi connectivity index (χ4v) is 0.822. The summed E-state index contributed by atoms with van der Waals surface area (Å²) in [6.45, 7) is 0. The fraction of sp³-hybridized carbons (Fsp3) is 0.167. The molecule has 0 heterocycles. The summed E-state index contributed by atoms with van der Waals surface area (Å²) in [4.78, 5) is 0. The van der Waals surface area contributed by atoms with E-state index in [0.717, 1.165) is 6.42 Å². The molecule has 0 fully saturated rings. The van der Waals surface area contributed by atoms with Gasteiger partial charge in [-0.05, 0) is 29.2 Å². The van der Waals surface area contributed by atoms with E-state index in [-0.39, 0.29) is 0 Å². The Morgan fingerprint density at radius 1 is 1.88 bits per heavy atom. The van der Waals surface area contributed by atoms with Crippen LogP contribution in [0.1, 0.15) is 6.42 Å². The minimum Gasteiger partial charge on any atom is -0.185 e. The average molecular weight is 123 g/mol. The van der Waals surface area contributed by atoms with Crippen LogP contribution >= 0.6 is 11.8 Å². The van der Waals surface area contributed by atoms with E-state index >= 15 is 0 Å². The van der Waals surface area contributed by atoms with Crippen molar-refractivity contribution in [3.05, 3.63) is 23.1 Å². The summed E-state index contributed by atoms with van der Waals surface area (Å²) in [5.41, 5.74) is 1.26. The van der Waals surface area contributed by atoms with Crippen molar-refractivity contribution in [3.63, 3.8) is 0 Å². The van der Waals surface area contributed by atoms with Crippen molar-refractivity contribution in [3.8, 4) is 5.40 Å². The van der Waals surface area contributed by atoms with Gasteiger partial charge < -0.3 is 0 Å². The summed E-state index contributed by atoms with van der Waals surface area (Å²) in [6, 6.07) is 0. The smallest absolute Gasteiger partial charge is 0.137 e. The van der Waals surface area contributed by atoms with E-state index in [1.807, 2.05) is 16.9 Å². The first kappa shape index (κ1) is 5.46. The summed E-state index contributed by atoms with van der Waals surface area (Å²) >= 11 is 1.18. The van der Waals surface area contributed by atoms with Gasteiger partial charge in [-0.3, -0.25) is 0 Å². The largest absolute Gasteiger partial charge is 0.185 e.